The van der Waals surface area contributed by atoms with E-state index in [1.165, 1.54) is 0 Å². The molecule has 0 saturated carbocycles. The van der Waals surface area contributed by atoms with Gasteiger partial charge in [0.05, 0.1) is 11.4 Å². The molecular weight excluding hydrogens is 975 g/mol. The minimum absolute atomic E-state index is 0. The molecule has 0 bridgehead atoms. The van der Waals surface area contributed by atoms with E-state index in [1.807, 2.05) is 115 Å². The number of aromatic nitrogens is 6. The molecule has 10 heteroatoms. The van der Waals surface area contributed by atoms with Gasteiger partial charge in [-0.15, -0.1) is 76.9 Å². The Bertz CT molecular complexity index is 2260. The molecule has 0 spiro atoms. The van der Waals surface area contributed by atoms with Crippen molar-refractivity contribution in [3.05, 3.63) is 145 Å². The predicted molar refractivity (Wildman–Crippen MR) is 178 cm³/mol. The molecule has 8 rings (SSSR count). The van der Waals surface area contributed by atoms with Crippen LogP contribution in [0.4, 0.5) is 0 Å². The van der Waals surface area contributed by atoms with Crippen LogP contribution >= 0.6 is 0 Å². The van der Waals surface area contributed by atoms with Gasteiger partial charge in [0.1, 0.15) is 0 Å². The molecule has 0 atom stereocenters. The number of aryl methyl sites for hydroxylation is 2. The average Bonchev–Trinajstić information content (AvgIpc) is 3.43. The van der Waals surface area contributed by atoms with Crippen LogP contribution in [0.3, 0.4) is 0 Å². The molecule has 0 fully saturated rings. The van der Waals surface area contributed by atoms with Crippen molar-refractivity contribution >= 4 is 21.8 Å². The molecule has 4 aromatic heterocycles. The molecule has 4 aromatic carbocycles. The third-order valence-corrected chi connectivity index (χ3v) is 7.67. The summed E-state index contributed by atoms with van der Waals surface area (Å²) in [6, 6.07) is 44.2. The average molecular weight is 999 g/mol. The smallest absolute Gasteiger partial charge is 0.503 e. The number of rotatable bonds is 7. The number of pyridine rings is 2. The van der Waals surface area contributed by atoms with E-state index >= 15 is 0 Å². The molecule has 49 heavy (non-hydrogen) atoms. The van der Waals surface area contributed by atoms with Crippen molar-refractivity contribution in [1.29, 1.82) is 0 Å². The summed E-state index contributed by atoms with van der Waals surface area (Å²) in [6.45, 7) is 3.79. The van der Waals surface area contributed by atoms with Gasteiger partial charge in [0, 0.05) is 35.4 Å². The fourth-order valence-electron chi connectivity index (χ4n) is 5.28. The van der Waals surface area contributed by atoms with Crippen LogP contribution in [0.15, 0.2) is 109 Å². The maximum Gasteiger partial charge on any atom is 2.00 e. The quantitative estimate of drug-likeness (QED) is 0.148. The first kappa shape index (κ1) is 33.9. The summed E-state index contributed by atoms with van der Waals surface area (Å²) in [6.07, 6.45) is 3.51. The first-order valence-corrected chi connectivity index (χ1v) is 14.9. The van der Waals surface area contributed by atoms with Gasteiger partial charge >= 0.3 is 42.1 Å². The van der Waals surface area contributed by atoms with E-state index < -0.39 is 0 Å². The van der Waals surface area contributed by atoms with Gasteiger partial charge in [-0.1, -0.05) is 47.4 Å². The van der Waals surface area contributed by atoms with Crippen LogP contribution in [0.25, 0.3) is 50.3 Å². The molecular formula is C39H24N6O2Pt2. The fraction of sp³-hybridized carbons (Fsp3) is 0.0513. The van der Waals surface area contributed by atoms with E-state index in [2.05, 4.69) is 44.4 Å². The first-order chi connectivity index (χ1) is 23.1. The van der Waals surface area contributed by atoms with Crippen LogP contribution in [-0.4, -0.2) is 29.7 Å². The number of hydrogen-bond acceptors (Lipinski definition) is 7. The second-order valence-corrected chi connectivity index (χ2v) is 10.8. The van der Waals surface area contributed by atoms with Crippen LogP contribution in [-0.2, 0) is 42.1 Å². The van der Waals surface area contributed by atoms with Gasteiger partial charge in [-0.05, 0) is 37.4 Å². The number of hydrogen-bond donors (Lipinski definition) is 0. The Kier molecular flexibility index (Phi) is 10.1. The van der Waals surface area contributed by atoms with Crippen molar-refractivity contribution in [3.63, 3.8) is 0 Å². The van der Waals surface area contributed by atoms with Crippen LogP contribution in [0.1, 0.15) is 11.4 Å². The third-order valence-electron chi connectivity index (χ3n) is 7.67. The van der Waals surface area contributed by atoms with Crippen LogP contribution in [0.5, 0.6) is 23.0 Å². The summed E-state index contributed by atoms with van der Waals surface area (Å²) >= 11 is 0. The van der Waals surface area contributed by atoms with Crippen molar-refractivity contribution in [3.8, 4) is 51.5 Å². The largest absolute Gasteiger partial charge is 2.00 e. The zero-order valence-electron chi connectivity index (χ0n) is 26.0. The van der Waals surface area contributed by atoms with Crippen molar-refractivity contribution in [2.75, 3.05) is 0 Å². The van der Waals surface area contributed by atoms with Gasteiger partial charge in [0.2, 0.25) is 0 Å². The number of benzene rings is 4. The van der Waals surface area contributed by atoms with Gasteiger partial charge in [-0.2, -0.15) is 28.0 Å². The topological polar surface area (TPSA) is 87.8 Å². The van der Waals surface area contributed by atoms with Crippen molar-refractivity contribution in [1.82, 2.24) is 29.7 Å². The second-order valence-electron chi connectivity index (χ2n) is 10.8. The Morgan fingerprint density at radius 3 is 1.49 bits per heavy atom. The molecule has 8 nitrogen and oxygen atoms in total. The van der Waals surface area contributed by atoms with Crippen molar-refractivity contribution < 1.29 is 51.6 Å². The van der Waals surface area contributed by atoms with Crippen molar-refractivity contribution in [2.45, 2.75) is 13.8 Å². The Labute approximate surface area is 311 Å². The molecule has 0 aliphatic carbocycles. The van der Waals surface area contributed by atoms with Gasteiger partial charge < -0.3 is 24.0 Å². The Morgan fingerprint density at radius 2 is 1.02 bits per heavy atom. The fourth-order valence-corrected chi connectivity index (χ4v) is 5.28. The summed E-state index contributed by atoms with van der Waals surface area (Å²) in [5, 5.41) is 10.7. The molecule has 0 saturated heterocycles. The van der Waals surface area contributed by atoms with Crippen LogP contribution < -0.4 is 9.47 Å². The monoisotopic (exact) mass is 998 g/mol. The van der Waals surface area contributed by atoms with E-state index in [9.17, 15) is 0 Å². The van der Waals surface area contributed by atoms with E-state index in [1.54, 1.807) is 12.4 Å². The normalized spacial score (nSPS) is 10.7. The molecule has 4 heterocycles. The summed E-state index contributed by atoms with van der Waals surface area (Å²) < 4.78 is 14.4. The summed E-state index contributed by atoms with van der Waals surface area (Å²) in [7, 11) is 0. The summed E-state index contributed by atoms with van der Waals surface area (Å²) in [5.74, 6) is 2.49. The van der Waals surface area contributed by atoms with Gasteiger partial charge in [-0.3, -0.25) is 0 Å². The summed E-state index contributed by atoms with van der Waals surface area (Å²) in [5.41, 5.74) is 6.23. The van der Waals surface area contributed by atoms with Gasteiger partial charge in [0.25, 0.3) is 5.95 Å². The molecule has 0 N–H and O–H groups in total. The molecule has 0 aliphatic rings. The molecule has 0 aliphatic heterocycles. The van der Waals surface area contributed by atoms with E-state index in [0.29, 0.717) is 40.0 Å². The van der Waals surface area contributed by atoms with E-state index in [0.717, 1.165) is 44.7 Å². The minimum atomic E-state index is 0. The minimum Gasteiger partial charge on any atom is -0.503 e. The second kappa shape index (κ2) is 14.6. The SMILES string of the molecule is Cc1nnc(-n2c3[c-]c(Oc4[c-]c(-c5ccccn5)ccc4)ccc3c3ccc(Oc4[c-]c(-c5ccccn5)ccc4)[c-]c32)nc1C.[Pt+2].[Pt+2]. The predicted octanol–water partition coefficient (Wildman–Crippen LogP) is 8.49. The standard InChI is InChI=1S/C39H24N6O2.2Pt/c1-25-26(2)43-44-39(42-25)45-37-23-31(46-29-11-7-9-27(21-29)35-13-3-5-19-40-35)15-17-33(37)34-18-16-32(24-38(34)45)47-30-12-8-10-28(22-30)36-14-4-6-20-41-36;;/h3-20H,1-2H3;;/q-4;2*+2. The van der Waals surface area contributed by atoms with Crippen LogP contribution in [0, 0.1) is 38.1 Å². The maximum atomic E-state index is 6.28. The zero-order chi connectivity index (χ0) is 31.7. The van der Waals surface area contributed by atoms with E-state index in [4.69, 9.17) is 14.5 Å². The molecule has 0 amide bonds. The first-order valence-electron chi connectivity index (χ1n) is 14.9. The van der Waals surface area contributed by atoms with E-state index in [-0.39, 0.29) is 42.1 Å². The van der Waals surface area contributed by atoms with Gasteiger partial charge in [0.15, 0.2) is 0 Å². The number of ether oxygens (including phenoxy) is 2. The van der Waals surface area contributed by atoms with Gasteiger partial charge in [-0.25, -0.2) is 4.98 Å². The number of fused-ring (bicyclic) bond motifs is 3. The zero-order valence-corrected chi connectivity index (χ0v) is 30.6. The van der Waals surface area contributed by atoms with Crippen molar-refractivity contribution in [2.24, 2.45) is 0 Å². The molecule has 8 aromatic rings. The Hall–Kier alpha value is -5.03. The Balaban J connectivity index is 0.00000208. The summed E-state index contributed by atoms with van der Waals surface area (Å²) in [4.78, 5) is 13.6. The third kappa shape index (κ3) is 6.94. The number of nitrogens with zero attached hydrogens (tertiary/aromatic N) is 6. The Morgan fingerprint density at radius 1 is 0.510 bits per heavy atom. The molecule has 242 valence electrons. The van der Waals surface area contributed by atoms with Crippen LogP contribution in [0.2, 0.25) is 0 Å². The molecule has 0 radical (unpaired) electrons. The molecule has 0 unspecified atom stereocenters. The maximum absolute atomic E-state index is 6.28.